The molecule has 1 rings (SSSR count). The van der Waals surface area contributed by atoms with E-state index in [9.17, 15) is 0 Å². The van der Waals surface area contributed by atoms with Gasteiger partial charge in [-0.05, 0) is 23.8 Å². The summed E-state index contributed by atoms with van der Waals surface area (Å²) in [5, 5.41) is 14.6. The molecule has 0 spiro atoms. The van der Waals surface area contributed by atoms with Gasteiger partial charge in [-0.2, -0.15) is 0 Å². The van der Waals surface area contributed by atoms with Crippen LogP contribution in [0, 0.1) is 5.92 Å². The van der Waals surface area contributed by atoms with Gasteiger partial charge in [-0.15, -0.1) is 11.3 Å². The molecule has 0 saturated carbocycles. The minimum atomic E-state index is 0.226. The van der Waals surface area contributed by atoms with Gasteiger partial charge in [-0.25, -0.2) is 0 Å². The predicted octanol–water partition coefficient (Wildman–Crippen LogP) is 2.24. The lowest BCUT2D eigenvalue weighted by atomic mass is 10.0. The summed E-state index contributed by atoms with van der Waals surface area (Å²) < 4.78 is 0. The third kappa shape index (κ3) is 4.22. The number of nitrogens with one attached hydrogen (secondary N) is 1. The molecule has 0 amide bonds. The van der Waals surface area contributed by atoms with Crippen molar-refractivity contribution in [1.82, 2.24) is 5.32 Å². The minimum Gasteiger partial charge on any atom is -0.395 e. The highest BCUT2D eigenvalue weighted by Crippen LogP contribution is 2.09. The second-order valence-corrected chi connectivity index (χ2v) is 5.00. The third-order valence-electron chi connectivity index (χ3n) is 2.12. The van der Waals surface area contributed by atoms with Gasteiger partial charge in [0.2, 0.25) is 0 Å². The second kappa shape index (κ2) is 6.17. The van der Waals surface area contributed by atoms with Crippen LogP contribution in [0.1, 0.15) is 25.1 Å². The summed E-state index contributed by atoms with van der Waals surface area (Å²) in [7, 11) is 0. The Morgan fingerprint density at radius 2 is 2.29 bits per heavy atom. The van der Waals surface area contributed by atoms with Crippen molar-refractivity contribution < 1.29 is 5.11 Å². The highest BCUT2D eigenvalue weighted by molar-refractivity contribution is 7.09. The molecule has 0 saturated heterocycles. The first-order valence-corrected chi connectivity index (χ1v) is 5.97. The molecule has 0 radical (unpaired) electrons. The Hall–Kier alpha value is -0.380. The summed E-state index contributed by atoms with van der Waals surface area (Å²) >= 11 is 1.75. The molecular formula is C11H19NOS. The number of aliphatic hydroxyl groups is 1. The van der Waals surface area contributed by atoms with E-state index in [-0.39, 0.29) is 12.6 Å². The summed E-state index contributed by atoms with van der Waals surface area (Å²) in [6, 6.07) is 4.40. The van der Waals surface area contributed by atoms with Crippen LogP contribution in [0.15, 0.2) is 17.5 Å². The highest BCUT2D eigenvalue weighted by Gasteiger charge is 2.08. The average molecular weight is 213 g/mol. The maximum Gasteiger partial charge on any atom is 0.0584 e. The first kappa shape index (κ1) is 11.7. The van der Waals surface area contributed by atoms with E-state index in [4.69, 9.17) is 5.11 Å². The van der Waals surface area contributed by atoms with Gasteiger partial charge in [-0.3, -0.25) is 0 Å². The molecule has 80 valence electrons. The lowest BCUT2D eigenvalue weighted by molar-refractivity contribution is 0.224. The number of hydrogen-bond donors (Lipinski definition) is 2. The van der Waals surface area contributed by atoms with Gasteiger partial charge >= 0.3 is 0 Å². The predicted molar refractivity (Wildman–Crippen MR) is 61.5 cm³/mol. The largest absolute Gasteiger partial charge is 0.395 e. The SMILES string of the molecule is CC(C)CC(CO)NCc1cccs1. The van der Waals surface area contributed by atoms with Gasteiger partial charge in [0.25, 0.3) is 0 Å². The first-order chi connectivity index (χ1) is 6.72. The van der Waals surface area contributed by atoms with Crippen LogP contribution in [0.5, 0.6) is 0 Å². The van der Waals surface area contributed by atoms with Gasteiger partial charge in [0.05, 0.1) is 6.61 Å². The van der Waals surface area contributed by atoms with Crippen LogP contribution in [0.4, 0.5) is 0 Å². The van der Waals surface area contributed by atoms with Crippen LogP contribution in [-0.4, -0.2) is 17.8 Å². The zero-order valence-corrected chi connectivity index (χ0v) is 9.68. The van der Waals surface area contributed by atoms with Gasteiger partial charge < -0.3 is 10.4 Å². The molecule has 1 aromatic heterocycles. The monoisotopic (exact) mass is 213 g/mol. The molecule has 2 N–H and O–H groups in total. The Morgan fingerprint density at radius 1 is 1.50 bits per heavy atom. The van der Waals surface area contributed by atoms with Crippen LogP contribution in [0.3, 0.4) is 0 Å². The quantitative estimate of drug-likeness (QED) is 0.759. The topological polar surface area (TPSA) is 32.3 Å². The van der Waals surface area contributed by atoms with E-state index in [1.807, 2.05) is 0 Å². The molecule has 0 aliphatic carbocycles. The van der Waals surface area contributed by atoms with Crippen molar-refractivity contribution in [2.24, 2.45) is 5.92 Å². The summed E-state index contributed by atoms with van der Waals surface area (Å²) in [6.45, 7) is 5.45. The molecule has 14 heavy (non-hydrogen) atoms. The fourth-order valence-corrected chi connectivity index (χ4v) is 2.11. The number of rotatable bonds is 6. The maximum absolute atomic E-state index is 9.14. The normalized spacial score (nSPS) is 13.4. The van der Waals surface area contributed by atoms with E-state index < -0.39 is 0 Å². The molecule has 2 nitrogen and oxygen atoms in total. The Bertz CT molecular complexity index is 233. The van der Waals surface area contributed by atoms with E-state index in [1.54, 1.807) is 11.3 Å². The molecule has 1 aromatic rings. The molecule has 1 heterocycles. The third-order valence-corrected chi connectivity index (χ3v) is 3.00. The Labute approximate surface area is 90.0 Å². The molecule has 1 unspecified atom stereocenters. The molecule has 0 aliphatic heterocycles. The van der Waals surface area contributed by atoms with Crippen molar-refractivity contribution in [2.45, 2.75) is 32.9 Å². The maximum atomic E-state index is 9.14. The van der Waals surface area contributed by atoms with Crippen LogP contribution in [-0.2, 0) is 6.54 Å². The van der Waals surface area contributed by atoms with Crippen molar-refractivity contribution in [3.05, 3.63) is 22.4 Å². The van der Waals surface area contributed by atoms with Crippen LogP contribution >= 0.6 is 11.3 Å². The van der Waals surface area contributed by atoms with Crippen molar-refractivity contribution in [3.8, 4) is 0 Å². The molecule has 3 heteroatoms. The van der Waals surface area contributed by atoms with Gasteiger partial charge in [0, 0.05) is 17.5 Å². The van der Waals surface area contributed by atoms with Crippen LogP contribution in [0.2, 0.25) is 0 Å². The van der Waals surface area contributed by atoms with Gasteiger partial charge in [-0.1, -0.05) is 19.9 Å². The standard InChI is InChI=1S/C11H19NOS/c1-9(2)6-10(8-13)12-7-11-4-3-5-14-11/h3-5,9-10,12-13H,6-8H2,1-2H3. The number of thiophene rings is 1. The summed E-state index contributed by atoms with van der Waals surface area (Å²) in [5.74, 6) is 0.628. The molecule has 0 fully saturated rings. The molecule has 0 aliphatic rings. The zero-order valence-electron chi connectivity index (χ0n) is 8.86. The van der Waals surface area contributed by atoms with E-state index in [1.165, 1.54) is 4.88 Å². The van der Waals surface area contributed by atoms with E-state index in [2.05, 4.69) is 36.7 Å². The Balaban J connectivity index is 2.27. The Kier molecular flexibility index (Phi) is 5.15. The first-order valence-electron chi connectivity index (χ1n) is 5.09. The summed E-state index contributed by atoms with van der Waals surface area (Å²) in [5.41, 5.74) is 0. The van der Waals surface area contributed by atoms with Gasteiger partial charge in [0.15, 0.2) is 0 Å². The van der Waals surface area contributed by atoms with E-state index >= 15 is 0 Å². The lowest BCUT2D eigenvalue weighted by Gasteiger charge is -2.17. The summed E-state index contributed by atoms with van der Waals surface area (Å²) in [4.78, 5) is 1.33. The number of aliphatic hydroxyl groups excluding tert-OH is 1. The average Bonchev–Trinajstić information content (AvgIpc) is 2.64. The minimum absolute atomic E-state index is 0.226. The molecule has 0 bridgehead atoms. The van der Waals surface area contributed by atoms with Crippen molar-refractivity contribution in [2.75, 3.05) is 6.61 Å². The van der Waals surface area contributed by atoms with Crippen molar-refractivity contribution in [3.63, 3.8) is 0 Å². The molecular weight excluding hydrogens is 194 g/mol. The zero-order chi connectivity index (χ0) is 10.4. The lowest BCUT2D eigenvalue weighted by Crippen LogP contribution is -2.32. The van der Waals surface area contributed by atoms with E-state index in [0.717, 1.165) is 13.0 Å². The molecule has 1 atom stereocenters. The fourth-order valence-electron chi connectivity index (χ4n) is 1.45. The van der Waals surface area contributed by atoms with Crippen LogP contribution in [0.25, 0.3) is 0 Å². The van der Waals surface area contributed by atoms with E-state index in [0.29, 0.717) is 5.92 Å². The van der Waals surface area contributed by atoms with Crippen molar-refractivity contribution in [1.29, 1.82) is 0 Å². The number of hydrogen-bond acceptors (Lipinski definition) is 3. The Morgan fingerprint density at radius 3 is 2.79 bits per heavy atom. The second-order valence-electron chi connectivity index (χ2n) is 3.97. The highest BCUT2D eigenvalue weighted by atomic mass is 32.1. The van der Waals surface area contributed by atoms with Crippen molar-refractivity contribution >= 4 is 11.3 Å². The van der Waals surface area contributed by atoms with Gasteiger partial charge in [0.1, 0.15) is 0 Å². The van der Waals surface area contributed by atoms with Crippen LogP contribution < -0.4 is 5.32 Å². The molecule has 0 aromatic carbocycles. The summed E-state index contributed by atoms with van der Waals surface area (Å²) in [6.07, 6.45) is 1.03. The smallest absolute Gasteiger partial charge is 0.0584 e. The fraction of sp³-hybridized carbons (Fsp3) is 0.636.